The SMILES string of the molecule is O=C(O)CCC(NC(=O)CC1CCCC1)c1ccccc1. The number of aliphatic carboxylic acids is 1. The molecular weight excluding hydrogens is 266 g/mol. The van der Waals surface area contributed by atoms with E-state index < -0.39 is 5.97 Å². The molecule has 0 heterocycles. The highest BCUT2D eigenvalue weighted by atomic mass is 16.4. The first-order valence-electron chi connectivity index (χ1n) is 7.71. The van der Waals surface area contributed by atoms with Gasteiger partial charge in [-0.25, -0.2) is 0 Å². The van der Waals surface area contributed by atoms with E-state index in [1.54, 1.807) is 0 Å². The summed E-state index contributed by atoms with van der Waals surface area (Å²) in [4.78, 5) is 23.0. The number of carboxylic acids is 1. The Morgan fingerprint density at radius 2 is 1.86 bits per heavy atom. The van der Waals surface area contributed by atoms with Crippen LogP contribution in [0.25, 0.3) is 0 Å². The number of carbonyl (C=O) groups is 2. The normalized spacial score (nSPS) is 16.6. The minimum Gasteiger partial charge on any atom is -0.481 e. The molecule has 0 spiro atoms. The van der Waals surface area contributed by atoms with Gasteiger partial charge in [0.2, 0.25) is 5.91 Å². The Morgan fingerprint density at radius 3 is 2.48 bits per heavy atom. The molecule has 0 bridgehead atoms. The molecule has 1 saturated carbocycles. The average Bonchev–Trinajstić information content (AvgIpc) is 2.97. The molecule has 0 saturated heterocycles. The van der Waals surface area contributed by atoms with Gasteiger partial charge in [-0.1, -0.05) is 43.2 Å². The highest BCUT2D eigenvalue weighted by Crippen LogP contribution is 2.28. The van der Waals surface area contributed by atoms with Crippen molar-refractivity contribution in [3.8, 4) is 0 Å². The van der Waals surface area contributed by atoms with E-state index in [9.17, 15) is 9.59 Å². The third kappa shape index (κ3) is 5.21. The van der Waals surface area contributed by atoms with Crippen LogP contribution in [0.1, 0.15) is 56.6 Å². The van der Waals surface area contributed by atoms with Gasteiger partial charge in [-0.15, -0.1) is 0 Å². The van der Waals surface area contributed by atoms with Gasteiger partial charge < -0.3 is 10.4 Å². The highest BCUT2D eigenvalue weighted by molar-refractivity contribution is 5.77. The molecule has 1 atom stereocenters. The van der Waals surface area contributed by atoms with Crippen molar-refractivity contribution in [1.82, 2.24) is 5.32 Å². The predicted octanol–water partition coefficient (Wildman–Crippen LogP) is 3.29. The Bertz CT molecular complexity index is 466. The van der Waals surface area contributed by atoms with Crippen LogP contribution < -0.4 is 5.32 Å². The van der Waals surface area contributed by atoms with Crippen LogP contribution in [0.4, 0.5) is 0 Å². The smallest absolute Gasteiger partial charge is 0.303 e. The monoisotopic (exact) mass is 289 g/mol. The lowest BCUT2D eigenvalue weighted by Crippen LogP contribution is -2.30. The predicted molar refractivity (Wildman–Crippen MR) is 80.8 cm³/mol. The number of amides is 1. The fraction of sp³-hybridized carbons (Fsp3) is 0.529. The molecule has 2 N–H and O–H groups in total. The Balaban J connectivity index is 1.94. The third-order valence-corrected chi connectivity index (χ3v) is 4.13. The zero-order valence-electron chi connectivity index (χ0n) is 12.3. The van der Waals surface area contributed by atoms with Crippen molar-refractivity contribution >= 4 is 11.9 Å². The maximum absolute atomic E-state index is 12.2. The third-order valence-electron chi connectivity index (χ3n) is 4.13. The van der Waals surface area contributed by atoms with Crippen LogP contribution >= 0.6 is 0 Å². The Hall–Kier alpha value is -1.84. The molecule has 0 radical (unpaired) electrons. The van der Waals surface area contributed by atoms with Gasteiger partial charge >= 0.3 is 5.97 Å². The zero-order chi connectivity index (χ0) is 15.1. The van der Waals surface area contributed by atoms with Crippen molar-refractivity contribution in [1.29, 1.82) is 0 Å². The summed E-state index contributed by atoms with van der Waals surface area (Å²) in [5, 5.41) is 11.9. The number of rotatable bonds is 7. The molecule has 0 aliphatic heterocycles. The Morgan fingerprint density at radius 1 is 1.19 bits per heavy atom. The summed E-state index contributed by atoms with van der Waals surface area (Å²) < 4.78 is 0. The first-order valence-corrected chi connectivity index (χ1v) is 7.71. The van der Waals surface area contributed by atoms with Crippen LogP contribution in [0.2, 0.25) is 0 Å². The van der Waals surface area contributed by atoms with Crippen LogP contribution in [-0.4, -0.2) is 17.0 Å². The van der Waals surface area contributed by atoms with Crippen molar-refractivity contribution in [2.45, 2.75) is 51.0 Å². The number of benzene rings is 1. The fourth-order valence-corrected chi connectivity index (χ4v) is 3.01. The number of carboxylic acid groups (broad SMARTS) is 1. The second-order valence-corrected chi connectivity index (χ2v) is 5.82. The number of nitrogens with one attached hydrogen (secondary N) is 1. The van der Waals surface area contributed by atoms with E-state index in [0.29, 0.717) is 18.8 Å². The van der Waals surface area contributed by atoms with Gasteiger partial charge in [0, 0.05) is 12.8 Å². The minimum absolute atomic E-state index is 0.0427. The standard InChI is InChI=1S/C17H23NO3/c19-16(12-13-6-4-5-7-13)18-15(10-11-17(20)21)14-8-2-1-3-9-14/h1-3,8-9,13,15H,4-7,10-12H2,(H,18,19)(H,20,21). The van der Waals surface area contributed by atoms with E-state index in [4.69, 9.17) is 5.11 Å². The molecule has 2 rings (SSSR count). The molecule has 4 nitrogen and oxygen atoms in total. The molecule has 4 heteroatoms. The second kappa shape index (κ2) is 7.81. The number of hydrogen-bond acceptors (Lipinski definition) is 2. The van der Waals surface area contributed by atoms with Crippen molar-refractivity contribution in [3.05, 3.63) is 35.9 Å². The largest absolute Gasteiger partial charge is 0.481 e. The van der Waals surface area contributed by atoms with Gasteiger partial charge in [0.05, 0.1) is 6.04 Å². The summed E-state index contributed by atoms with van der Waals surface area (Å²) in [6.07, 6.45) is 5.77. The molecule has 1 aromatic rings. The summed E-state index contributed by atoms with van der Waals surface area (Å²) in [7, 11) is 0. The summed E-state index contributed by atoms with van der Waals surface area (Å²) in [6.45, 7) is 0. The van der Waals surface area contributed by atoms with Gasteiger partial charge in [-0.2, -0.15) is 0 Å². The number of hydrogen-bond donors (Lipinski definition) is 2. The molecule has 1 aliphatic rings. The number of carbonyl (C=O) groups excluding carboxylic acids is 1. The quantitative estimate of drug-likeness (QED) is 0.809. The first kappa shape index (κ1) is 15.5. The van der Waals surface area contributed by atoms with E-state index >= 15 is 0 Å². The Labute approximate surface area is 125 Å². The first-order chi connectivity index (χ1) is 10.1. The molecule has 1 aliphatic carbocycles. The Kier molecular flexibility index (Phi) is 5.78. The maximum Gasteiger partial charge on any atom is 0.303 e. The molecule has 1 fully saturated rings. The van der Waals surface area contributed by atoms with E-state index in [2.05, 4.69) is 5.32 Å². The molecular formula is C17H23NO3. The fourth-order valence-electron chi connectivity index (χ4n) is 3.01. The highest BCUT2D eigenvalue weighted by Gasteiger charge is 2.21. The lowest BCUT2D eigenvalue weighted by molar-refractivity contribution is -0.137. The van der Waals surface area contributed by atoms with E-state index in [-0.39, 0.29) is 18.4 Å². The van der Waals surface area contributed by atoms with Crippen molar-refractivity contribution in [2.24, 2.45) is 5.92 Å². The van der Waals surface area contributed by atoms with Crippen molar-refractivity contribution in [2.75, 3.05) is 0 Å². The van der Waals surface area contributed by atoms with Crippen LogP contribution in [0.5, 0.6) is 0 Å². The minimum atomic E-state index is -0.832. The van der Waals surface area contributed by atoms with E-state index in [1.807, 2.05) is 30.3 Å². The molecule has 0 aromatic heterocycles. The topological polar surface area (TPSA) is 66.4 Å². The lowest BCUT2D eigenvalue weighted by Gasteiger charge is -2.19. The molecule has 1 amide bonds. The van der Waals surface area contributed by atoms with Crippen molar-refractivity contribution in [3.63, 3.8) is 0 Å². The van der Waals surface area contributed by atoms with Gasteiger partial charge in [0.25, 0.3) is 0 Å². The summed E-state index contributed by atoms with van der Waals surface area (Å²) in [5.41, 5.74) is 0.971. The maximum atomic E-state index is 12.2. The van der Waals surface area contributed by atoms with Gasteiger partial charge in [0.15, 0.2) is 0 Å². The molecule has 1 unspecified atom stereocenters. The van der Waals surface area contributed by atoms with Gasteiger partial charge in [-0.05, 0) is 30.7 Å². The van der Waals surface area contributed by atoms with Crippen molar-refractivity contribution < 1.29 is 14.7 Å². The summed E-state index contributed by atoms with van der Waals surface area (Å²) >= 11 is 0. The molecule has 1 aromatic carbocycles. The second-order valence-electron chi connectivity index (χ2n) is 5.82. The molecule has 114 valence electrons. The van der Waals surface area contributed by atoms with Crippen LogP contribution in [0.15, 0.2) is 30.3 Å². The van der Waals surface area contributed by atoms with Gasteiger partial charge in [-0.3, -0.25) is 9.59 Å². The molecule has 21 heavy (non-hydrogen) atoms. The van der Waals surface area contributed by atoms with Crippen LogP contribution in [-0.2, 0) is 9.59 Å². The van der Waals surface area contributed by atoms with Crippen LogP contribution in [0, 0.1) is 5.92 Å². The van der Waals surface area contributed by atoms with E-state index in [0.717, 1.165) is 18.4 Å². The van der Waals surface area contributed by atoms with Crippen LogP contribution in [0.3, 0.4) is 0 Å². The van der Waals surface area contributed by atoms with E-state index in [1.165, 1.54) is 12.8 Å². The zero-order valence-corrected chi connectivity index (χ0v) is 12.3. The van der Waals surface area contributed by atoms with Gasteiger partial charge in [0.1, 0.15) is 0 Å². The lowest BCUT2D eigenvalue weighted by atomic mass is 10.00. The average molecular weight is 289 g/mol. The summed E-state index contributed by atoms with van der Waals surface area (Å²) in [6, 6.07) is 9.39. The summed E-state index contributed by atoms with van der Waals surface area (Å²) in [5.74, 6) is -0.289.